The van der Waals surface area contributed by atoms with Gasteiger partial charge in [0, 0.05) is 53.5 Å². The van der Waals surface area contributed by atoms with E-state index in [1.807, 2.05) is 53.4 Å². The fourth-order valence-corrected chi connectivity index (χ4v) is 4.50. The Hall–Kier alpha value is -4.30. The first-order valence-corrected chi connectivity index (χ1v) is 11.4. The van der Waals surface area contributed by atoms with Crippen LogP contribution in [0.4, 0.5) is 15.8 Å². The largest absolute Gasteiger partial charge is 0.356 e. The monoisotopic (exact) mass is 467 g/mol. The standard InChI is InChI=1S/C27H22FN5O2/c28-23-11-17(15-33-10-9-30-27(34)16-33)1-4-21(23)18-2-5-24-22(13-18)25(7-8-29-24)32-20-3-6-26-19(12-20)14-31-35-26/h1-8,11-14H,9-10,15-16H2,(H,29,32)(H,30,34). The number of fused-ring (bicyclic) bond motifs is 2. The van der Waals surface area contributed by atoms with E-state index >= 15 is 4.39 Å². The second-order valence-corrected chi connectivity index (χ2v) is 8.67. The molecule has 8 heteroatoms. The lowest BCUT2D eigenvalue weighted by Gasteiger charge is -2.26. The average molecular weight is 468 g/mol. The normalized spacial score (nSPS) is 14.4. The summed E-state index contributed by atoms with van der Waals surface area (Å²) in [5.41, 5.74) is 5.42. The van der Waals surface area contributed by atoms with Crippen LogP contribution in [-0.4, -0.2) is 40.6 Å². The first-order valence-electron chi connectivity index (χ1n) is 11.4. The van der Waals surface area contributed by atoms with Gasteiger partial charge in [0.25, 0.3) is 0 Å². The van der Waals surface area contributed by atoms with Gasteiger partial charge in [-0.3, -0.25) is 14.7 Å². The number of hydrogen-bond acceptors (Lipinski definition) is 6. The first-order chi connectivity index (χ1) is 17.1. The van der Waals surface area contributed by atoms with E-state index in [0.717, 1.165) is 50.9 Å². The highest BCUT2D eigenvalue weighted by atomic mass is 19.1. The van der Waals surface area contributed by atoms with E-state index in [4.69, 9.17) is 4.52 Å². The van der Waals surface area contributed by atoms with E-state index < -0.39 is 0 Å². The molecule has 3 heterocycles. The maximum absolute atomic E-state index is 15.2. The van der Waals surface area contributed by atoms with Crippen molar-refractivity contribution < 1.29 is 13.7 Å². The molecular weight excluding hydrogens is 445 g/mol. The van der Waals surface area contributed by atoms with Crippen LogP contribution in [0.1, 0.15) is 5.56 Å². The Balaban J connectivity index is 1.30. The Morgan fingerprint density at radius 2 is 2.03 bits per heavy atom. The van der Waals surface area contributed by atoms with Crippen molar-refractivity contribution in [3.63, 3.8) is 0 Å². The molecule has 0 saturated carbocycles. The highest BCUT2D eigenvalue weighted by molar-refractivity contribution is 5.96. The van der Waals surface area contributed by atoms with Gasteiger partial charge in [0.2, 0.25) is 5.91 Å². The van der Waals surface area contributed by atoms with Crippen LogP contribution in [0.3, 0.4) is 0 Å². The van der Waals surface area contributed by atoms with Crippen molar-refractivity contribution in [2.24, 2.45) is 0 Å². The van der Waals surface area contributed by atoms with Crippen molar-refractivity contribution in [1.29, 1.82) is 0 Å². The molecule has 3 aromatic carbocycles. The van der Waals surface area contributed by atoms with Crippen LogP contribution in [0, 0.1) is 5.82 Å². The molecule has 0 atom stereocenters. The lowest BCUT2D eigenvalue weighted by Crippen LogP contribution is -2.47. The van der Waals surface area contributed by atoms with Crippen molar-refractivity contribution in [3.8, 4) is 11.1 Å². The average Bonchev–Trinajstić information content (AvgIpc) is 3.32. The number of benzene rings is 3. The van der Waals surface area contributed by atoms with Gasteiger partial charge in [-0.05, 0) is 53.6 Å². The number of halogens is 1. The van der Waals surface area contributed by atoms with Gasteiger partial charge >= 0.3 is 0 Å². The summed E-state index contributed by atoms with van der Waals surface area (Å²) in [4.78, 5) is 18.1. The second-order valence-electron chi connectivity index (χ2n) is 8.67. The van der Waals surface area contributed by atoms with Gasteiger partial charge in [-0.2, -0.15) is 0 Å². The number of hydrogen-bond donors (Lipinski definition) is 2. The maximum Gasteiger partial charge on any atom is 0.234 e. The summed E-state index contributed by atoms with van der Waals surface area (Å²) < 4.78 is 20.4. The zero-order valence-electron chi connectivity index (χ0n) is 18.8. The van der Waals surface area contributed by atoms with E-state index in [0.29, 0.717) is 25.2 Å². The van der Waals surface area contributed by atoms with E-state index in [-0.39, 0.29) is 11.7 Å². The van der Waals surface area contributed by atoms with Gasteiger partial charge in [0.1, 0.15) is 5.82 Å². The third kappa shape index (κ3) is 4.31. The number of aromatic nitrogens is 2. The van der Waals surface area contributed by atoms with Gasteiger partial charge in [-0.25, -0.2) is 4.39 Å². The van der Waals surface area contributed by atoms with Crippen LogP contribution in [0.15, 0.2) is 77.6 Å². The van der Waals surface area contributed by atoms with Crippen molar-refractivity contribution in [2.45, 2.75) is 6.54 Å². The minimum Gasteiger partial charge on any atom is -0.356 e. The molecule has 0 unspecified atom stereocenters. The topological polar surface area (TPSA) is 83.3 Å². The number of carbonyl (C=O) groups excluding carboxylic acids is 1. The molecule has 0 bridgehead atoms. The van der Waals surface area contributed by atoms with E-state index in [1.54, 1.807) is 24.5 Å². The van der Waals surface area contributed by atoms with Gasteiger partial charge in [0.05, 0.1) is 18.3 Å². The minimum atomic E-state index is -0.292. The van der Waals surface area contributed by atoms with Crippen LogP contribution in [0.5, 0.6) is 0 Å². The minimum absolute atomic E-state index is 0.00359. The number of carbonyl (C=O) groups is 1. The third-order valence-electron chi connectivity index (χ3n) is 6.24. The first kappa shape index (κ1) is 21.2. The van der Waals surface area contributed by atoms with Crippen molar-refractivity contribution in [1.82, 2.24) is 20.4 Å². The highest BCUT2D eigenvalue weighted by Crippen LogP contribution is 2.32. The van der Waals surface area contributed by atoms with Crippen molar-refractivity contribution in [3.05, 3.63) is 84.4 Å². The predicted molar refractivity (Wildman–Crippen MR) is 133 cm³/mol. The fourth-order valence-electron chi connectivity index (χ4n) is 4.50. The molecule has 0 radical (unpaired) electrons. The molecule has 2 aromatic heterocycles. The Kier molecular flexibility index (Phi) is 5.35. The Bertz CT molecular complexity index is 1560. The smallest absolute Gasteiger partial charge is 0.234 e. The number of anilines is 2. The Labute approximate surface area is 200 Å². The summed E-state index contributed by atoms with van der Waals surface area (Å²) in [5, 5.41) is 11.9. The molecule has 0 aliphatic carbocycles. The molecule has 35 heavy (non-hydrogen) atoms. The summed E-state index contributed by atoms with van der Waals surface area (Å²) in [7, 11) is 0. The number of rotatable bonds is 5. The molecular formula is C27H22FN5O2. The van der Waals surface area contributed by atoms with E-state index in [1.165, 1.54) is 0 Å². The summed E-state index contributed by atoms with van der Waals surface area (Å²) in [6.07, 6.45) is 3.42. The SMILES string of the molecule is O=C1CN(Cc2ccc(-c3ccc4nccc(Nc5ccc6oncc6c5)c4c3)c(F)c2)CCN1. The van der Waals surface area contributed by atoms with E-state index in [2.05, 4.69) is 20.8 Å². The number of amides is 1. The van der Waals surface area contributed by atoms with Crippen LogP contribution in [0.25, 0.3) is 33.0 Å². The van der Waals surface area contributed by atoms with Gasteiger partial charge in [-0.15, -0.1) is 0 Å². The third-order valence-corrected chi connectivity index (χ3v) is 6.24. The van der Waals surface area contributed by atoms with E-state index in [9.17, 15) is 4.79 Å². The molecule has 174 valence electrons. The molecule has 0 spiro atoms. The quantitative estimate of drug-likeness (QED) is 0.384. The number of piperazine rings is 1. The summed E-state index contributed by atoms with van der Waals surface area (Å²) in [6.45, 7) is 2.25. The lowest BCUT2D eigenvalue weighted by molar-refractivity contribution is -0.124. The zero-order valence-corrected chi connectivity index (χ0v) is 18.8. The molecule has 1 fully saturated rings. The maximum atomic E-state index is 15.2. The lowest BCUT2D eigenvalue weighted by atomic mass is 10.0. The van der Waals surface area contributed by atoms with Gasteiger partial charge in [0.15, 0.2) is 5.58 Å². The summed E-state index contributed by atoms with van der Waals surface area (Å²) in [6, 6.07) is 18.7. The number of nitrogens with one attached hydrogen (secondary N) is 2. The molecule has 1 saturated heterocycles. The van der Waals surface area contributed by atoms with Gasteiger partial charge < -0.3 is 15.2 Å². The van der Waals surface area contributed by atoms with Crippen molar-refractivity contribution >= 4 is 39.2 Å². The predicted octanol–water partition coefficient (Wildman–Crippen LogP) is 4.86. The summed E-state index contributed by atoms with van der Waals surface area (Å²) >= 11 is 0. The molecule has 2 N–H and O–H groups in total. The number of pyridine rings is 1. The van der Waals surface area contributed by atoms with Crippen LogP contribution in [-0.2, 0) is 11.3 Å². The number of nitrogens with zero attached hydrogens (tertiary/aromatic N) is 3. The van der Waals surface area contributed by atoms with Crippen molar-refractivity contribution in [2.75, 3.05) is 25.0 Å². The van der Waals surface area contributed by atoms with Crippen LogP contribution >= 0.6 is 0 Å². The molecule has 5 aromatic rings. The Morgan fingerprint density at radius 1 is 1.09 bits per heavy atom. The van der Waals surface area contributed by atoms with Gasteiger partial charge in [-0.1, -0.05) is 23.4 Å². The molecule has 7 nitrogen and oxygen atoms in total. The Morgan fingerprint density at radius 3 is 2.91 bits per heavy atom. The molecule has 1 aliphatic heterocycles. The molecule has 1 aliphatic rings. The second kappa shape index (κ2) is 8.81. The highest BCUT2D eigenvalue weighted by Gasteiger charge is 2.17. The molecule has 6 rings (SSSR count). The fraction of sp³-hybridized carbons (Fsp3) is 0.148. The zero-order chi connectivity index (χ0) is 23.8. The van der Waals surface area contributed by atoms with Crippen LogP contribution in [0.2, 0.25) is 0 Å². The summed E-state index contributed by atoms with van der Waals surface area (Å²) in [5.74, 6) is -0.288. The van der Waals surface area contributed by atoms with Crippen LogP contribution < -0.4 is 10.6 Å². The molecule has 1 amide bonds.